The molecule has 1 rings (SSSR count). The lowest BCUT2D eigenvalue weighted by molar-refractivity contribution is 0.0819. The molecule has 0 heterocycles. The SMILES string of the molecule is N#Cc1cc(OCC(F)F)ccc1Br. The van der Waals surface area contributed by atoms with Crippen LogP contribution in [-0.2, 0) is 0 Å². The molecule has 0 radical (unpaired) electrons. The average molecular weight is 262 g/mol. The summed E-state index contributed by atoms with van der Waals surface area (Å²) in [4.78, 5) is 0. The number of nitrogens with zero attached hydrogens (tertiary/aromatic N) is 1. The monoisotopic (exact) mass is 261 g/mol. The molecule has 0 fully saturated rings. The summed E-state index contributed by atoms with van der Waals surface area (Å²) >= 11 is 3.14. The normalized spacial score (nSPS) is 9.93. The van der Waals surface area contributed by atoms with Crippen molar-refractivity contribution >= 4 is 15.9 Å². The molecule has 0 aliphatic carbocycles. The third-order valence-electron chi connectivity index (χ3n) is 1.43. The van der Waals surface area contributed by atoms with Gasteiger partial charge in [0.05, 0.1) is 5.56 Å². The fourth-order valence-electron chi connectivity index (χ4n) is 0.839. The van der Waals surface area contributed by atoms with Gasteiger partial charge in [-0.15, -0.1) is 0 Å². The molecule has 0 aromatic heterocycles. The van der Waals surface area contributed by atoms with Crippen molar-refractivity contribution in [2.75, 3.05) is 6.61 Å². The summed E-state index contributed by atoms with van der Waals surface area (Å²) in [5.41, 5.74) is 0.358. The second-order valence-corrected chi connectivity index (χ2v) is 3.31. The molecule has 0 aliphatic heterocycles. The second-order valence-electron chi connectivity index (χ2n) is 2.46. The van der Waals surface area contributed by atoms with Gasteiger partial charge in [0.15, 0.2) is 0 Å². The van der Waals surface area contributed by atoms with E-state index in [9.17, 15) is 8.78 Å². The van der Waals surface area contributed by atoms with E-state index in [1.165, 1.54) is 12.1 Å². The minimum Gasteiger partial charge on any atom is -0.488 e. The Balaban J connectivity index is 2.76. The molecule has 0 aliphatic rings. The minimum absolute atomic E-state index is 0.269. The van der Waals surface area contributed by atoms with Gasteiger partial charge in [-0.25, -0.2) is 8.78 Å². The number of hydrogen-bond acceptors (Lipinski definition) is 2. The first-order valence-corrected chi connectivity index (χ1v) is 4.53. The molecule has 1 aromatic rings. The summed E-state index contributed by atoms with van der Waals surface area (Å²) in [6.45, 7) is -0.660. The molecule has 0 atom stereocenters. The van der Waals surface area contributed by atoms with Crippen LogP contribution in [0.3, 0.4) is 0 Å². The molecule has 0 saturated heterocycles. The van der Waals surface area contributed by atoms with E-state index in [0.717, 1.165) is 0 Å². The standard InChI is InChI=1S/C9H6BrF2NO/c10-8-2-1-7(3-6(8)4-13)14-5-9(11)12/h1-3,9H,5H2. The zero-order chi connectivity index (χ0) is 10.6. The zero-order valence-electron chi connectivity index (χ0n) is 7.01. The van der Waals surface area contributed by atoms with Gasteiger partial charge >= 0.3 is 0 Å². The predicted octanol–water partition coefficient (Wildman–Crippen LogP) is 2.96. The summed E-state index contributed by atoms with van der Waals surface area (Å²) in [6, 6.07) is 6.42. The van der Waals surface area contributed by atoms with E-state index in [1.54, 1.807) is 6.07 Å². The van der Waals surface area contributed by atoms with E-state index >= 15 is 0 Å². The molecule has 2 nitrogen and oxygen atoms in total. The van der Waals surface area contributed by atoms with Crippen LogP contribution in [0.4, 0.5) is 8.78 Å². The third-order valence-corrected chi connectivity index (χ3v) is 2.13. The van der Waals surface area contributed by atoms with E-state index in [4.69, 9.17) is 10.00 Å². The Labute approximate surface area is 88.2 Å². The summed E-state index contributed by atoms with van der Waals surface area (Å²) in [5, 5.41) is 8.64. The minimum atomic E-state index is -2.51. The molecule has 0 unspecified atom stereocenters. The largest absolute Gasteiger partial charge is 0.488 e. The van der Waals surface area contributed by atoms with Crippen molar-refractivity contribution in [1.29, 1.82) is 5.26 Å². The predicted molar refractivity (Wildman–Crippen MR) is 50.4 cm³/mol. The van der Waals surface area contributed by atoms with E-state index in [-0.39, 0.29) is 5.75 Å². The summed E-state index contributed by atoms with van der Waals surface area (Å²) in [6.07, 6.45) is -2.51. The summed E-state index contributed by atoms with van der Waals surface area (Å²) < 4.78 is 28.9. The summed E-state index contributed by atoms with van der Waals surface area (Å²) in [5.74, 6) is 0.269. The number of hydrogen-bond donors (Lipinski definition) is 0. The van der Waals surface area contributed by atoms with Crippen molar-refractivity contribution in [2.24, 2.45) is 0 Å². The van der Waals surface area contributed by atoms with Gasteiger partial charge in [0.25, 0.3) is 6.43 Å². The Morgan fingerprint density at radius 1 is 1.50 bits per heavy atom. The number of halogens is 3. The quantitative estimate of drug-likeness (QED) is 0.838. The summed E-state index contributed by atoms with van der Waals surface area (Å²) in [7, 11) is 0. The van der Waals surface area contributed by atoms with Crippen molar-refractivity contribution in [3.05, 3.63) is 28.2 Å². The first-order valence-electron chi connectivity index (χ1n) is 3.74. The lowest BCUT2D eigenvalue weighted by Gasteiger charge is -2.05. The highest BCUT2D eigenvalue weighted by molar-refractivity contribution is 9.10. The number of nitriles is 1. The van der Waals surface area contributed by atoms with Gasteiger partial charge in [-0.2, -0.15) is 5.26 Å². The lowest BCUT2D eigenvalue weighted by Crippen LogP contribution is -2.06. The van der Waals surface area contributed by atoms with Crippen LogP contribution >= 0.6 is 15.9 Å². The number of benzene rings is 1. The molecule has 0 spiro atoms. The van der Waals surface area contributed by atoms with Crippen LogP contribution in [0.1, 0.15) is 5.56 Å². The van der Waals surface area contributed by atoms with Crippen molar-refractivity contribution in [2.45, 2.75) is 6.43 Å². The number of alkyl halides is 2. The Bertz CT molecular complexity index is 362. The van der Waals surface area contributed by atoms with Crippen molar-refractivity contribution in [3.8, 4) is 11.8 Å². The van der Waals surface area contributed by atoms with Crippen molar-refractivity contribution in [1.82, 2.24) is 0 Å². The lowest BCUT2D eigenvalue weighted by atomic mass is 10.2. The first kappa shape index (κ1) is 10.9. The van der Waals surface area contributed by atoms with Crippen LogP contribution in [-0.4, -0.2) is 13.0 Å². The van der Waals surface area contributed by atoms with E-state index < -0.39 is 13.0 Å². The van der Waals surface area contributed by atoms with Crippen LogP contribution in [0.5, 0.6) is 5.75 Å². The molecule has 14 heavy (non-hydrogen) atoms. The molecule has 0 bridgehead atoms. The van der Waals surface area contributed by atoms with Gasteiger partial charge in [0.2, 0.25) is 0 Å². The Morgan fingerprint density at radius 3 is 2.79 bits per heavy atom. The number of ether oxygens (including phenoxy) is 1. The van der Waals surface area contributed by atoms with Gasteiger partial charge in [0, 0.05) is 4.47 Å². The number of rotatable bonds is 3. The maximum Gasteiger partial charge on any atom is 0.272 e. The molecular weight excluding hydrogens is 256 g/mol. The second kappa shape index (κ2) is 4.91. The third kappa shape index (κ3) is 2.96. The maximum atomic E-state index is 11.8. The smallest absolute Gasteiger partial charge is 0.272 e. The fraction of sp³-hybridized carbons (Fsp3) is 0.222. The Kier molecular flexibility index (Phi) is 3.84. The Morgan fingerprint density at radius 2 is 2.21 bits per heavy atom. The van der Waals surface area contributed by atoms with E-state index in [2.05, 4.69) is 15.9 Å². The molecular formula is C9H6BrF2NO. The van der Waals surface area contributed by atoms with Crippen molar-refractivity contribution in [3.63, 3.8) is 0 Å². The Hall–Kier alpha value is -1.15. The van der Waals surface area contributed by atoms with E-state index in [0.29, 0.717) is 10.0 Å². The fourth-order valence-corrected chi connectivity index (χ4v) is 1.17. The van der Waals surface area contributed by atoms with Gasteiger partial charge in [-0.1, -0.05) is 0 Å². The maximum absolute atomic E-state index is 11.8. The van der Waals surface area contributed by atoms with Gasteiger partial charge in [-0.05, 0) is 34.1 Å². The molecule has 0 saturated carbocycles. The van der Waals surface area contributed by atoms with Crippen molar-refractivity contribution < 1.29 is 13.5 Å². The highest BCUT2D eigenvalue weighted by Gasteiger charge is 2.05. The highest BCUT2D eigenvalue weighted by Crippen LogP contribution is 2.21. The molecule has 0 amide bonds. The molecule has 5 heteroatoms. The van der Waals surface area contributed by atoms with Gasteiger partial charge < -0.3 is 4.74 Å². The van der Waals surface area contributed by atoms with Crippen LogP contribution in [0.15, 0.2) is 22.7 Å². The average Bonchev–Trinajstić information content (AvgIpc) is 2.16. The first-order chi connectivity index (χ1) is 6.63. The highest BCUT2D eigenvalue weighted by atomic mass is 79.9. The zero-order valence-corrected chi connectivity index (χ0v) is 8.59. The van der Waals surface area contributed by atoms with Crippen LogP contribution in [0.2, 0.25) is 0 Å². The van der Waals surface area contributed by atoms with Gasteiger partial charge in [0.1, 0.15) is 18.4 Å². The van der Waals surface area contributed by atoms with Crippen LogP contribution < -0.4 is 4.74 Å². The van der Waals surface area contributed by atoms with Crippen LogP contribution in [0.25, 0.3) is 0 Å². The molecule has 0 N–H and O–H groups in total. The topological polar surface area (TPSA) is 33.0 Å². The molecule has 1 aromatic carbocycles. The van der Waals surface area contributed by atoms with E-state index in [1.807, 2.05) is 6.07 Å². The van der Waals surface area contributed by atoms with Crippen LogP contribution in [0, 0.1) is 11.3 Å². The molecule has 74 valence electrons. The van der Waals surface area contributed by atoms with Gasteiger partial charge in [-0.3, -0.25) is 0 Å².